The molecule has 2 saturated heterocycles. The largest absolute Gasteiger partial charge is 0.297 e. The second kappa shape index (κ2) is 6.10. The topological polar surface area (TPSA) is 84.2 Å². The van der Waals surface area contributed by atoms with Crippen molar-refractivity contribution in [2.45, 2.75) is 45.3 Å². The fourth-order valence-corrected chi connectivity index (χ4v) is 5.12. The summed E-state index contributed by atoms with van der Waals surface area (Å²) in [6, 6.07) is 0.209. The minimum atomic E-state index is -2.81. The average molecular weight is 342 g/mol. The molecular formula is C14H26N6O2S. The third kappa shape index (κ3) is 3.89. The maximum Gasteiger partial charge on any atom is 0.158 e. The van der Waals surface area contributed by atoms with E-state index in [-0.39, 0.29) is 11.5 Å². The zero-order chi connectivity index (χ0) is 16.7. The monoisotopic (exact) mass is 342 g/mol. The lowest BCUT2D eigenvalue weighted by Gasteiger charge is -2.37. The van der Waals surface area contributed by atoms with Gasteiger partial charge in [0.15, 0.2) is 15.7 Å². The first kappa shape index (κ1) is 16.8. The van der Waals surface area contributed by atoms with Crippen molar-refractivity contribution >= 4 is 9.84 Å². The van der Waals surface area contributed by atoms with Crippen LogP contribution in [0.3, 0.4) is 0 Å². The Morgan fingerprint density at radius 3 is 2.43 bits per heavy atom. The Morgan fingerprint density at radius 2 is 1.87 bits per heavy atom. The van der Waals surface area contributed by atoms with Gasteiger partial charge in [0.2, 0.25) is 0 Å². The molecule has 3 heterocycles. The maximum absolute atomic E-state index is 11.6. The fraction of sp³-hybridized carbons (Fsp3) is 0.929. The number of sulfone groups is 1. The van der Waals surface area contributed by atoms with Crippen molar-refractivity contribution in [3.05, 3.63) is 5.82 Å². The quantitative estimate of drug-likeness (QED) is 0.748. The number of tetrazole rings is 1. The van der Waals surface area contributed by atoms with Crippen LogP contribution in [0.15, 0.2) is 0 Å². The van der Waals surface area contributed by atoms with Crippen molar-refractivity contribution in [3.8, 4) is 0 Å². The van der Waals surface area contributed by atoms with Crippen LogP contribution in [-0.2, 0) is 21.9 Å². The molecule has 1 aromatic rings. The summed E-state index contributed by atoms with van der Waals surface area (Å²) in [7, 11) is -2.81. The molecule has 2 aliphatic rings. The molecule has 0 unspecified atom stereocenters. The van der Waals surface area contributed by atoms with E-state index in [9.17, 15) is 8.42 Å². The molecule has 3 rings (SSSR count). The molecule has 0 bridgehead atoms. The molecule has 0 amide bonds. The predicted octanol–water partition coefficient (Wildman–Crippen LogP) is -0.267. The summed E-state index contributed by atoms with van der Waals surface area (Å²) in [5, 5.41) is 12.1. The first-order valence-electron chi connectivity index (χ1n) is 8.18. The van der Waals surface area contributed by atoms with Gasteiger partial charge in [-0.3, -0.25) is 9.80 Å². The molecule has 2 aliphatic heterocycles. The van der Waals surface area contributed by atoms with Gasteiger partial charge in [-0.1, -0.05) is 20.8 Å². The van der Waals surface area contributed by atoms with Crippen molar-refractivity contribution in [3.63, 3.8) is 0 Å². The van der Waals surface area contributed by atoms with Gasteiger partial charge in [0.25, 0.3) is 0 Å². The van der Waals surface area contributed by atoms with Crippen LogP contribution in [0.4, 0.5) is 0 Å². The Labute approximate surface area is 137 Å². The van der Waals surface area contributed by atoms with E-state index in [4.69, 9.17) is 0 Å². The molecule has 0 saturated carbocycles. The van der Waals surface area contributed by atoms with E-state index in [0.29, 0.717) is 18.2 Å². The summed E-state index contributed by atoms with van der Waals surface area (Å²) >= 11 is 0. The molecule has 23 heavy (non-hydrogen) atoms. The lowest BCUT2D eigenvalue weighted by atomic mass is 9.96. The van der Waals surface area contributed by atoms with Crippen molar-refractivity contribution in [1.29, 1.82) is 0 Å². The normalized spacial score (nSPS) is 26.7. The minimum absolute atomic E-state index is 0.0798. The van der Waals surface area contributed by atoms with Crippen LogP contribution in [0.2, 0.25) is 0 Å². The first-order valence-corrected chi connectivity index (χ1v) is 10.0. The lowest BCUT2D eigenvalue weighted by molar-refractivity contribution is 0.0790. The van der Waals surface area contributed by atoms with Crippen LogP contribution in [0.25, 0.3) is 0 Å². The molecular weight excluding hydrogens is 316 g/mol. The molecule has 1 aromatic heterocycles. The second-order valence-corrected chi connectivity index (χ2v) is 9.83. The van der Waals surface area contributed by atoms with Crippen molar-refractivity contribution in [2.75, 3.05) is 37.7 Å². The number of nitrogens with zero attached hydrogens (tertiary/aromatic N) is 6. The average Bonchev–Trinajstić information content (AvgIpc) is 3.05. The van der Waals surface area contributed by atoms with Gasteiger partial charge in [-0.15, -0.1) is 5.10 Å². The molecule has 0 aromatic carbocycles. The zero-order valence-corrected chi connectivity index (χ0v) is 15.0. The highest BCUT2D eigenvalue weighted by Gasteiger charge is 2.34. The van der Waals surface area contributed by atoms with Crippen LogP contribution in [-0.4, -0.2) is 82.2 Å². The standard InChI is InChI=1S/C14H26N6O2S/c1-14(2,3)13-15-16-17-20(13)11-18-5-7-19(8-6-18)12-4-9-23(21,22)10-12/h12H,4-11H2,1-3H3/t12-/m0/s1. The Hall–Kier alpha value is -1.06. The SMILES string of the molecule is CC(C)(C)c1nnnn1CN1CCN([C@H]2CCS(=O)(=O)C2)CC1. The van der Waals surface area contributed by atoms with Crippen molar-refractivity contribution in [2.24, 2.45) is 0 Å². The van der Waals surface area contributed by atoms with Crippen molar-refractivity contribution in [1.82, 2.24) is 30.0 Å². The Morgan fingerprint density at radius 1 is 1.17 bits per heavy atom. The van der Waals surface area contributed by atoms with E-state index in [1.54, 1.807) is 0 Å². The highest BCUT2D eigenvalue weighted by Crippen LogP contribution is 2.21. The van der Waals surface area contributed by atoms with Gasteiger partial charge < -0.3 is 0 Å². The summed E-state index contributed by atoms with van der Waals surface area (Å²) in [5.74, 6) is 1.56. The molecule has 0 radical (unpaired) electrons. The highest BCUT2D eigenvalue weighted by atomic mass is 32.2. The van der Waals surface area contributed by atoms with Gasteiger partial charge in [0.1, 0.15) is 0 Å². The number of aromatic nitrogens is 4. The molecule has 130 valence electrons. The van der Waals surface area contributed by atoms with Gasteiger partial charge in [0, 0.05) is 37.6 Å². The third-order valence-electron chi connectivity index (χ3n) is 4.67. The smallest absolute Gasteiger partial charge is 0.158 e. The fourth-order valence-electron chi connectivity index (χ4n) is 3.36. The molecule has 0 N–H and O–H groups in total. The van der Waals surface area contributed by atoms with Crippen LogP contribution in [0, 0.1) is 0 Å². The van der Waals surface area contributed by atoms with Crippen LogP contribution < -0.4 is 0 Å². The lowest BCUT2D eigenvalue weighted by Crippen LogP contribution is -2.51. The summed E-state index contributed by atoms with van der Waals surface area (Å²) in [6.45, 7) is 10.7. The van der Waals surface area contributed by atoms with Gasteiger partial charge in [0.05, 0.1) is 18.2 Å². The van der Waals surface area contributed by atoms with Gasteiger partial charge in [-0.25, -0.2) is 13.1 Å². The Balaban J connectivity index is 1.55. The number of hydrogen-bond donors (Lipinski definition) is 0. The van der Waals surface area contributed by atoms with E-state index >= 15 is 0 Å². The molecule has 9 heteroatoms. The first-order chi connectivity index (χ1) is 10.7. The molecule has 8 nitrogen and oxygen atoms in total. The summed E-state index contributed by atoms with van der Waals surface area (Å²) in [6.07, 6.45) is 0.781. The highest BCUT2D eigenvalue weighted by molar-refractivity contribution is 7.91. The number of rotatable bonds is 3. The van der Waals surface area contributed by atoms with Crippen LogP contribution in [0.1, 0.15) is 33.0 Å². The van der Waals surface area contributed by atoms with Crippen molar-refractivity contribution < 1.29 is 8.42 Å². The number of piperazine rings is 1. The van der Waals surface area contributed by atoms with Crippen LogP contribution >= 0.6 is 0 Å². The summed E-state index contributed by atoms with van der Waals surface area (Å²) in [4.78, 5) is 4.65. The molecule has 2 fully saturated rings. The molecule has 0 spiro atoms. The van der Waals surface area contributed by atoms with Gasteiger partial charge in [-0.05, 0) is 16.8 Å². The Bertz CT molecular complexity index is 642. The van der Waals surface area contributed by atoms with Crippen LogP contribution in [0.5, 0.6) is 0 Å². The van der Waals surface area contributed by atoms with E-state index in [0.717, 1.165) is 38.4 Å². The van der Waals surface area contributed by atoms with Gasteiger partial charge >= 0.3 is 0 Å². The molecule has 1 atom stereocenters. The summed E-state index contributed by atoms with van der Waals surface area (Å²) < 4.78 is 25.1. The maximum atomic E-state index is 11.6. The van der Waals surface area contributed by atoms with E-state index in [2.05, 4.69) is 46.1 Å². The van der Waals surface area contributed by atoms with E-state index in [1.165, 1.54) is 0 Å². The predicted molar refractivity (Wildman–Crippen MR) is 86.7 cm³/mol. The zero-order valence-electron chi connectivity index (χ0n) is 14.1. The minimum Gasteiger partial charge on any atom is -0.297 e. The Kier molecular flexibility index (Phi) is 4.45. The molecule has 0 aliphatic carbocycles. The second-order valence-electron chi connectivity index (χ2n) is 7.60. The van der Waals surface area contributed by atoms with E-state index < -0.39 is 9.84 Å². The van der Waals surface area contributed by atoms with E-state index in [1.807, 2.05) is 4.68 Å². The third-order valence-corrected chi connectivity index (χ3v) is 6.42. The summed E-state index contributed by atoms with van der Waals surface area (Å²) in [5.41, 5.74) is -0.0798. The van der Waals surface area contributed by atoms with Gasteiger partial charge in [-0.2, -0.15) is 0 Å². The number of hydrogen-bond acceptors (Lipinski definition) is 7.